The monoisotopic (exact) mass is 184 g/mol. The predicted octanol–water partition coefficient (Wildman–Crippen LogP) is 2.11. The van der Waals surface area contributed by atoms with Gasteiger partial charge in [0, 0.05) is 0 Å². The molecule has 76 valence electrons. The molecule has 0 radical (unpaired) electrons. The highest BCUT2D eigenvalue weighted by molar-refractivity contribution is 4.92. The number of hydrogen-bond donors (Lipinski definition) is 1. The highest BCUT2D eigenvalue weighted by atomic mass is 16.5. The van der Waals surface area contributed by atoms with Crippen LogP contribution >= 0.6 is 0 Å². The van der Waals surface area contributed by atoms with Gasteiger partial charge in [-0.05, 0) is 39.0 Å². The molecule has 1 saturated heterocycles. The van der Waals surface area contributed by atoms with Gasteiger partial charge in [0.15, 0.2) is 0 Å². The van der Waals surface area contributed by atoms with Crippen molar-refractivity contribution in [1.82, 2.24) is 0 Å². The van der Waals surface area contributed by atoms with Crippen LogP contribution in [0.2, 0.25) is 0 Å². The SMILES string of the molecule is CC1(C)OC2CCCCC2CC1O. The van der Waals surface area contributed by atoms with Crippen molar-refractivity contribution in [2.45, 2.75) is 63.8 Å². The molecule has 2 heteroatoms. The molecule has 1 aliphatic heterocycles. The average Bonchev–Trinajstić information content (AvgIpc) is 2.06. The molecule has 1 aliphatic carbocycles. The molecule has 3 atom stereocenters. The Labute approximate surface area is 80.3 Å². The first-order chi connectivity index (χ1) is 6.09. The van der Waals surface area contributed by atoms with Gasteiger partial charge in [-0.15, -0.1) is 0 Å². The molecular formula is C11H20O2. The summed E-state index contributed by atoms with van der Waals surface area (Å²) in [5.74, 6) is 0.622. The third-order valence-electron chi connectivity index (χ3n) is 3.62. The first-order valence-electron chi connectivity index (χ1n) is 5.45. The van der Waals surface area contributed by atoms with Gasteiger partial charge in [-0.3, -0.25) is 0 Å². The van der Waals surface area contributed by atoms with E-state index >= 15 is 0 Å². The molecule has 0 amide bonds. The van der Waals surface area contributed by atoms with Crippen LogP contribution < -0.4 is 0 Å². The Morgan fingerprint density at radius 3 is 2.69 bits per heavy atom. The molecular weight excluding hydrogens is 164 g/mol. The summed E-state index contributed by atoms with van der Waals surface area (Å²) in [4.78, 5) is 0. The summed E-state index contributed by atoms with van der Waals surface area (Å²) in [5, 5.41) is 9.85. The maximum Gasteiger partial charge on any atom is 0.0888 e. The first kappa shape index (κ1) is 9.47. The summed E-state index contributed by atoms with van der Waals surface area (Å²) in [5.41, 5.74) is -0.321. The highest BCUT2D eigenvalue weighted by Crippen LogP contribution is 2.39. The molecule has 13 heavy (non-hydrogen) atoms. The molecule has 1 N–H and O–H groups in total. The lowest BCUT2D eigenvalue weighted by Gasteiger charge is -2.46. The Kier molecular flexibility index (Phi) is 2.37. The van der Waals surface area contributed by atoms with Crippen molar-refractivity contribution in [3.63, 3.8) is 0 Å². The number of aliphatic hydroxyl groups is 1. The van der Waals surface area contributed by atoms with Crippen LogP contribution in [0.4, 0.5) is 0 Å². The average molecular weight is 184 g/mol. The zero-order chi connectivity index (χ0) is 9.47. The molecule has 0 aromatic rings. The van der Waals surface area contributed by atoms with E-state index in [1.165, 1.54) is 25.7 Å². The van der Waals surface area contributed by atoms with Gasteiger partial charge in [-0.2, -0.15) is 0 Å². The van der Waals surface area contributed by atoms with Gasteiger partial charge in [0.25, 0.3) is 0 Å². The minimum atomic E-state index is -0.321. The molecule has 0 aromatic carbocycles. The zero-order valence-corrected chi connectivity index (χ0v) is 8.62. The predicted molar refractivity (Wildman–Crippen MR) is 51.5 cm³/mol. The van der Waals surface area contributed by atoms with Gasteiger partial charge in [0.05, 0.1) is 17.8 Å². The second kappa shape index (κ2) is 3.25. The summed E-state index contributed by atoms with van der Waals surface area (Å²) >= 11 is 0. The normalized spacial score (nSPS) is 44.1. The van der Waals surface area contributed by atoms with Crippen molar-refractivity contribution < 1.29 is 9.84 Å². The Morgan fingerprint density at radius 2 is 1.92 bits per heavy atom. The van der Waals surface area contributed by atoms with Crippen LogP contribution in [0.15, 0.2) is 0 Å². The number of fused-ring (bicyclic) bond motifs is 1. The van der Waals surface area contributed by atoms with E-state index in [2.05, 4.69) is 0 Å². The maximum absolute atomic E-state index is 9.85. The van der Waals surface area contributed by atoms with Crippen molar-refractivity contribution in [3.8, 4) is 0 Å². The highest BCUT2D eigenvalue weighted by Gasteiger charge is 2.42. The smallest absolute Gasteiger partial charge is 0.0888 e. The lowest BCUT2D eigenvalue weighted by atomic mass is 9.77. The maximum atomic E-state index is 9.85. The number of aliphatic hydroxyl groups excluding tert-OH is 1. The van der Waals surface area contributed by atoms with Crippen LogP contribution in [0.1, 0.15) is 46.0 Å². The number of hydrogen-bond acceptors (Lipinski definition) is 2. The van der Waals surface area contributed by atoms with E-state index in [4.69, 9.17) is 4.74 Å². The summed E-state index contributed by atoms with van der Waals surface area (Å²) in [6, 6.07) is 0. The van der Waals surface area contributed by atoms with Gasteiger partial charge >= 0.3 is 0 Å². The van der Waals surface area contributed by atoms with Crippen LogP contribution in [-0.2, 0) is 4.74 Å². The summed E-state index contributed by atoms with van der Waals surface area (Å²) < 4.78 is 5.94. The van der Waals surface area contributed by atoms with Crippen LogP contribution in [0.5, 0.6) is 0 Å². The van der Waals surface area contributed by atoms with Crippen LogP contribution in [0, 0.1) is 5.92 Å². The molecule has 0 spiro atoms. The Hall–Kier alpha value is -0.0800. The fraction of sp³-hybridized carbons (Fsp3) is 1.00. The second-order valence-corrected chi connectivity index (χ2v) is 5.06. The van der Waals surface area contributed by atoms with E-state index in [-0.39, 0.29) is 11.7 Å². The van der Waals surface area contributed by atoms with Crippen molar-refractivity contribution in [1.29, 1.82) is 0 Å². The van der Waals surface area contributed by atoms with Crippen LogP contribution in [0.25, 0.3) is 0 Å². The van der Waals surface area contributed by atoms with E-state index in [0.717, 1.165) is 6.42 Å². The van der Waals surface area contributed by atoms with E-state index in [9.17, 15) is 5.11 Å². The van der Waals surface area contributed by atoms with Gasteiger partial charge in [0.1, 0.15) is 0 Å². The molecule has 0 bridgehead atoms. The standard InChI is InChI=1S/C11H20O2/c1-11(2)10(12)7-8-5-3-4-6-9(8)13-11/h8-10,12H,3-7H2,1-2H3. The summed E-state index contributed by atoms with van der Waals surface area (Å²) in [6.45, 7) is 4.00. The number of rotatable bonds is 0. The van der Waals surface area contributed by atoms with E-state index in [1.807, 2.05) is 13.8 Å². The van der Waals surface area contributed by atoms with E-state index < -0.39 is 0 Å². The first-order valence-corrected chi connectivity index (χ1v) is 5.45. The van der Waals surface area contributed by atoms with Crippen LogP contribution in [0.3, 0.4) is 0 Å². The molecule has 0 aromatic heterocycles. The molecule has 1 heterocycles. The largest absolute Gasteiger partial charge is 0.390 e. The van der Waals surface area contributed by atoms with Crippen molar-refractivity contribution in [2.75, 3.05) is 0 Å². The van der Waals surface area contributed by atoms with E-state index in [1.54, 1.807) is 0 Å². The lowest BCUT2D eigenvalue weighted by Crippen LogP contribution is -2.51. The molecule has 2 aliphatic rings. The quantitative estimate of drug-likeness (QED) is 0.624. The molecule has 3 unspecified atom stereocenters. The Morgan fingerprint density at radius 1 is 1.23 bits per heavy atom. The minimum Gasteiger partial charge on any atom is -0.390 e. The second-order valence-electron chi connectivity index (χ2n) is 5.06. The van der Waals surface area contributed by atoms with Gasteiger partial charge in [-0.1, -0.05) is 12.8 Å². The van der Waals surface area contributed by atoms with Crippen molar-refractivity contribution in [3.05, 3.63) is 0 Å². The molecule has 2 rings (SSSR count). The van der Waals surface area contributed by atoms with Crippen LogP contribution in [-0.4, -0.2) is 22.9 Å². The molecule has 1 saturated carbocycles. The van der Waals surface area contributed by atoms with Gasteiger partial charge < -0.3 is 9.84 Å². The van der Waals surface area contributed by atoms with Crippen molar-refractivity contribution in [2.24, 2.45) is 5.92 Å². The molecule has 2 nitrogen and oxygen atoms in total. The fourth-order valence-corrected chi connectivity index (χ4v) is 2.64. The third kappa shape index (κ3) is 1.75. The Balaban J connectivity index is 2.05. The lowest BCUT2D eigenvalue weighted by molar-refractivity contribution is -0.201. The zero-order valence-electron chi connectivity index (χ0n) is 8.62. The topological polar surface area (TPSA) is 29.5 Å². The van der Waals surface area contributed by atoms with E-state index in [0.29, 0.717) is 12.0 Å². The van der Waals surface area contributed by atoms with Crippen molar-refractivity contribution >= 4 is 0 Å². The number of ether oxygens (including phenoxy) is 1. The third-order valence-corrected chi connectivity index (χ3v) is 3.62. The summed E-state index contributed by atoms with van der Waals surface area (Å²) in [7, 11) is 0. The summed E-state index contributed by atoms with van der Waals surface area (Å²) in [6.07, 6.45) is 6.15. The van der Waals surface area contributed by atoms with Gasteiger partial charge in [0.2, 0.25) is 0 Å². The molecule has 2 fully saturated rings. The fourth-order valence-electron chi connectivity index (χ4n) is 2.64. The van der Waals surface area contributed by atoms with Gasteiger partial charge in [-0.25, -0.2) is 0 Å². The Bertz CT molecular complexity index is 189. The minimum absolute atomic E-state index is 0.271.